The Balaban J connectivity index is 2.59. The summed E-state index contributed by atoms with van der Waals surface area (Å²) >= 11 is 0. The van der Waals surface area contributed by atoms with Crippen LogP contribution in [0.25, 0.3) is 0 Å². The topological polar surface area (TPSA) is 182 Å². The molecule has 0 fully saturated rings. The summed E-state index contributed by atoms with van der Waals surface area (Å²) in [7, 11) is -4.48. The van der Waals surface area contributed by atoms with Gasteiger partial charge in [-0.1, -0.05) is 0 Å². The van der Waals surface area contributed by atoms with E-state index in [1.54, 1.807) is 0 Å². The van der Waals surface area contributed by atoms with Crippen LogP contribution in [0.1, 0.15) is 17.3 Å². The highest BCUT2D eigenvalue weighted by molar-refractivity contribution is 7.89. The lowest BCUT2D eigenvalue weighted by atomic mass is 10.1. The van der Waals surface area contributed by atoms with Crippen molar-refractivity contribution in [3.63, 3.8) is 0 Å². The lowest BCUT2D eigenvalue weighted by Crippen LogP contribution is -2.16. The number of carboxylic acid groups (broad SMARTS) is 1. The third-order valence-corrected chi connectivity index (χ3v) is 4.24. The Kier molecular flexibility index (Phi) is 5.42. The molecule has 0 saturated heterocycles. The number of aromatic carboxylic acids is 1. The van der Waals surface area contributed by atoms with Crippen molar-refractivity contribution in [2.45, 2.75) is 11.8 Å². The number of carbonyl (C=O) groups excluding carboxylic acids is 1. The molecule has 5 N–H and O–H groups in total. The van der Waals surface area contributed by atoms with E-state index < -0.39 is 42.7 Å². The minimum Gasteiger partial charge on any atom is -0.478 e. The zero-order valence-corrected chi connectivity index (χ0v) is 14.6. The highest BCUT2D eigenvalue weighted by atomic mass is 32.2. The van der Waals surface area contributed by atoms with Crippen LogP contribution in [-0.4, -0.2) is 30.3 Å². The third kappa shape index (κ3) is 4.77. The third-order valence-electron chi connectivity index (χ3n) is 3.31. The van der Waals surface area contributed by atoms with E-state index in [1.807, 2.05) is 0 Å². The Morgan fingerprint density at radius 1 is 1.15 bits per heavy atom. The average Bonchev–Trinajstić information content (AvgIpc) is 2.54. The normalized spacial score (nSPS) is 10.9. The molecule has 0 atom stereocenters. The molecule has 0 bridgehead atoms. The van der Waals surface area contributed by atoms with Crippen LogP contribution in [0.2, 0.25) is 0 Å². The predicted octanol–water partition coefficient (Wildman–Crippen LogP) is 1.64. The molecule has 0 radical (unpaired) electrons. The first-order valence-corrected chi connectivity index (χ1v) is 8.77. The molecule has 0 saturated carbocycles. The first-order chi connectivity index (χ1) is 12.5. The van der Waals surface area contributed by atoms with E-state index in [1.165, 1.54) is 31.2 Å². The fraction of sp³-hybridized carbons (Fsp3) is 0.0667. The van der Waals surface area contributed by atoms with Gasteiger partial charge in [-0.25, -0.2) is 18.4 Å². The summed E-state index contributed by atoms with van der Waals surface area (Å²) < 4.78 is 23.7. The monoisotopic (exact) mass is 394 g/mol. The second-order valence-electron chi connectivity index (χ2n) is 5.36. The molecule has 0 aliphatic carbocycles. The molecule has 0 aliphatic heterocycles. The van der Waals surface area contributed by atoms with Gasteiger partial charge in [0.2, 0.25) is 15.9 Å². The Morgan fingerprint density at radius 3 is 2.15 bits per heavy atom. The fourth-order valence-corrected chi connectivity index (χ4v) is 2.93. The van der Waals surface area contributed by atoms with Crippen LogP contribution in [0.15, 0.2) is 41.3 Å². The van der Waals surface area contributed by atoms with E-state index in [9.17, 15) is 28.1 Å². The summed E-state index contributed by atoms with van der Waals surface area (Å²) in [6.07, 6.45) is 0. The largest absolute Gasteiger partial charge is 0.478 e. The number of nitro benzene ring substituents is 1. The highest BCUT2D eigenvalue weighted by Gasteiger charge is 2.27. The Hall–Kier alpha value is -3.51. The number of carbonyl (C=O) groups is 2. The van der Waals surface area contributed by atoms with Gasteiger partial charge in [0.25, 0.3) is 5.69 Å². The standard InChI is InChI=1S/C15H14N4O7S/c1-8(20)17-10-2-4-11(5-3-10)18-14-12(19(23)24)6-9(15(21)22)7-13(14)27(16,25)26/h2-7,18H,1H3,(H,17,20)(H,21,22)(H2,16,25,26). The van der Waals surface area contributed by atoms with E-state index in [4.69, 9.17) is 10.2 Å². The van der Waals surface area contributed by atoms with Crippen molar-refractivity contribution in [2.24, 2.45) is 5.14 Å². The molecule has 12 heteroatoms. The maximum atomic E-state index is 11.8. The van der Waals surface area contributed by atoms with Crippen molar-refractivity contribution in [3.8, 4) is 0 Å². The molecule has 0 aromatic heterocycles. The number of nitrogens with two attached hydrogens (primary N) is 1. The van der Waals surface area contributed by atoms with Gasteiger partial charge in [0, 0.05) is 24.4 Å². The quantitative estimate of drug-likeness (QED) is 0.421. The SMILES string of the molecule is CC(=O)Nc1ccc(Nc2c([N+](=O)[O-])cc(C(=O)O)cc2S(N)(=O)=O)cc1. The zero-order valence-electron chi connectivity index (χ0n) is 13.8. The highest BCUT2D eigenvalue weighted by Crippen LogP contribution is 2.35. The average molecular weight is 394 g/mol. The van der Waals surface area contributed by atoms with E-state index in [-0.39, 0.29) is 11.6 Å². The van der Waals surface area contributed by atoms with E-state index >= 15 is 0 Å². The molecular formula is C15H14N4O7S. The number of hydrogen-bond donors (Lipinski definition) is 4. The molecule has 2 aromatic rings. The van der Waals surface area contributed by atoms with Gasteiger partial charge in [-0.3, -0.25) is 14.9 Å². The molecule has 0 unspecified atom stereocenters. The summed E-state index contributed by atoms with van der Waals surface area (Å²) in [5.74, 6) is -1.85. The molecule has 142 valence electrons. The van der Waals surface area contributed by atoms with Crippen molar-refractivity contribution in [1.82, 2.24) is 0 Å². The van der Waals surface area contributed by atoms with Gasteiger partial charge in [0.1, 0.15) is 10.6 Å². The Bertz CT molecular complexity index is 1030. The molecule has 1 amide bonds. The maximum Gasteiger partial charge on any atom is 0.335 e. The van der Waals surface area contributed by atoms with Crippen LogP contribution in [0.3, 0.4) is 0 Å². The number of hydrogen-bond acceptors (Lipinski definition) is 7. The second-order valence-corrected chi connectivity index (χ2v) is 6.89. The number of carboxylic acids is 1. The summed E-state index contributed by atoms with van der Waals surface area (Å²) in [6.45, 7) is 1.32. The van der Waals surface area contributed by atoms with Gasteiger partial charge in [-0.05, 0) is 30.3 Å². The lowest BCUT2D eigenvalue weighted by molar-refractivity contribution is -0.384. The molecule has 0 spiro atoms. The van der Waals surface area contributed by atoms with Crippen LogP contribution >= 0.6 is 0 Å². The van der Waals surface area contributed by atoms with E-state index in [2.05, 4.69) is 10.6 Å². The van der Waals surface area contributed by atoms with E-state index in [0.717, 1.165) is 12.1 Å². The molecular weight excluding hydrogens is 380 g/mol. The smallest absolute Gasteiger partial charge is 0.335 e. The van der Waals surface area contributed by atoms with Crippen molar-refractivity contribution >= 4 is 44.6 Å². The predicted molar refractivity (Wildman–Crippen MR) is 95.5 cm³/mol. The number of nitrogens with zero attached hydrogens (tertiary/aromatic N) is 1. The molecule has 2 rings (SSSR count). The van der Waals surface area contributed by atoms with Crippen molar-refractivity contribution in [1.29, 1.82) is 0 Å². The van der Waals surface area contributed by atoms with Crippen LogP contribution in [0.5, 0.6) is 0 Å². The summed E-state index contributed by atoms with van der Waals surface area (Å²) in [6, 6.07) is 7.30. The molecule has 27 heavy (non-hydrogen) atoms. The van der Waals surface area contributed by atoms with Gasteiger partial charge in [-0.15, -0.1) is 0 Å². The summed E-state index contributed by atoms with van der Waals surface area (Å²) in [4.78, 5) is 31.8. The van der Waals surface area contributed by atoms with Crippen LogP contribution < -0.4 is 15.8 Å². The number of anilines is 3. The van der Waals surface area contributed by atoms with Crippen LogP contribution in [0, 0.1) is 10.1 Å². The molecule has 11 nitrogen and oxygen atoms in total. The first kappa shape index (κ1) is 19.8. The van der Waals surface area contributed by atoms with Crippen molar-refractivity contribution < 1.29 is 28.0 Å². The van der Waals surface area contributed by atoms with E-state index in [0.29, 0.717) is 5.69 Å². The van der Waals surface area contributed by atoms with Gasteiger partial charge in [-0.2, -0.15) is 0 Å². The molecule has 0 aliphatic rings. The Morgan fingerprint density at radius 2 is 1.70 bits per heavy atom. The number of rotatable bonds is 6. The number of benzene rings is 2. The maximum absolute atomic E-state index is 11.8. The van der Waals surface area contributed by atoms with Crippen molar-refractivity contribution in [2.75, 3.05) is 10.6 Å². The number of sulfonamides is 1. The lowest BCUT2D eigenvalue weighted by Gasteiger charge is -2.13. The summed E-state index contributed by atoms with van der Waals surface area (Å²) in [5, 5.41) is 30.6. The number of nitrogens with one attached hydrogen (secondary N) is 2. The second kappa shape index (κ2) is 7.39. The van der Waals surface area contributed by atoms with Gasteiger partial charge < -0.3 is 15.7 Å². The Labute approximate surface area is 153 Å². The van der Waals surface area contributed by atoms with Crippen molar-refractivity contribution in [3.05, 3.63) is 52.1 Å². The number of nitro groups is 1. The van der Waals surface area contributed by atoms with Crippen LogP contribution in [-0.2, 0) is 14.8 Å². The molecule has 2 aromatic carbocycles. The van der Waals surface area contributed by atoms with Gasteiger partial charge in [0.05, 0.1) is 10.5 Å². The zero-order chi connectivity index (χ0) is 20.4. The molecule has 0 heterocycles. The number of amides is 1. The first-order valence-electron chi connectivity index (χ1n) is 7.22. The van der Waals surface area contributed by atoms with Crippen LogP contribution in [0.4, 0.5) is 22.7 Å². The fourth-order valence-electron chi connectivity index (χ4n) is 2.20. The minimum absolute atomic E-state index is 0.250. The summed E-state index contributed by atoms with van der Waals surface area (Å²) in [5.41, 5.74) is -1.14. The minimum atomic E-state index is -4.48. The van der Waals surface area contributed by atoms with Gasteiger partial charge >= 0.3 is 5.97 Å². The van der Waals surface area contributed by atoms with Gasteiger partial charge in [0.15, 0.2) is 0 Å². The number of primary sulfonamides is 1.